The molecule has 2 aliphatic rings. The second-order valence-electron chi connectivity index (χ2n) is 8.69. The number of rotatable bonds is 6. The normalized spacial score (nSPS) is 17.5. The van der Waals surface area contributed by atoms with Crippen molar-refractivity contribution < 1.29 is 9.18 Å². The van der Waals surface area contributed by atoms with E-state index < -0.39 is 12.0 Å². The molecule has 4 heterocycles. The molecule has 1 atom stereocenters. The molecule has 0 radical (unpaired) electrons. The van der Waals surface area contributed by atoms with E-state index in [4.69, 9.17) is 9.97 Å². The standard InChI is InChI=1S/C22H26FN9O/c1-12(2)18-27-21(31-30-18)28-19-14-5-3-6-15(14)26-22(29-19)32-10-4-7-16(32)20(33)25-13-8-9-17(23)24-11-13/h8-9,11-12,16H,3-7,10H2,1-2H3,(H,25,33)(H2,26,27,28,29,30,31)/t16-/m1/s1. The molecule has 0 spiro atoms. The minimum absolute atomic E-state index is 0.185. The molecule has 0 saturated carbocycles. The molecule has 11 heteroatoms. The monoisotopic (exact) mass is 451 g/mol. The number of H-pyrrole nitrogens is 1. The van der Waals surface area contributed by atoms with E-state index in [-0.39, 0.29) is 11.8 Å². The summed E-state index contributed by atoms with van der Waals surface area (Å²) in [6.07, 6.45) is 5.61. The average molecular weight is 452 g/mol. The minimum Gasteiger partial charge on any atom is -0.329 e. The maximum Gasteiger partial charge on any atom is 0.247 e. The highest BCUT2D eigenvalue weighted by molar-refractivity contribution is 5.96. The Labute approximate surface area is 190 Å². The summed E-state index contributed by atoms with van der Waals surface area (Å²) in [5, 5.41) is 13.3. The lowest BCUT2D eigenvalue weighted by Crippen LogP contribution is -2.40. The zero-order chi connectivity index (χ0) is 22.9. The van der Waals surface area contributed by atoms with E-state index >= 15 is 0 Å². The fourth-order valence-corrected chi connectivity index (χ4v) is 4.30. The topological polar surface area (TPSA) is 125 Å². The molecule has 0 aromatic carbocycles. The number of anilines is 4. The first-order valence-electron chi connectivity index (χ1n) is 11.3. The number of halogens is 1. The number of aromatic nitrogens is 6. The molecule has 172 valence electrons. The van der Waals surface area contributed by atoms with Crippen molar-refractivity contribution in [3.63, 3.8) is 0 Å². The van der Waals surface area contributed by atoms with Gasteiger partial charge in [-0.1, -0.05) is 13.8 Å². The van der Waals surface area contributed by atoms with Crippen molar-refractivity contribution in [1.29, 1.82) is 0 Å². The van der Waals surface area contributed by atoms with Crippen LogP contribution in [0.4, 0.5) is 27.8 Å². The molecule has 33 heavy (non-hydrogen) atoms. The smallest absolute Gasteiger partial charge is 0.247 e. The van der Waals surface area contributed by atoms with Gasteiger partial charge < -0.3 is 15.5 Å². The summed E-state index contributed by atoms with van der Waals surface area (Å²) < 4.78 is 13.1. The van der Waals surface area contributed by atoms with Crippen LogP contribution in [0.5, 0.6) is 0 Å². The van der Waals surface area contributed by atoms with E-state index in [0.717, 1.165) is 42.8 Å². The molecule has 3 N–H and O–H groups in total. The molecule has 3 aromatic heterocycles. The highest BCUT2D eigenvalue weighted by atomic mass is 19.1. The highest BCUT2D eigenvalue weighted by Gasteiger charge is 2.34. The molecule has 0 bridgehead atoms. The van der Waals surface area contributed by atoms with Gasteiger partial charge in [-0.3, -0.25) is 9.89 Å². The van der Waals surface area contributed by atoms with Gasteiger partial charge in [-0.25, -0.2) is 9.97 Å². The number of hydrogen-bond acceptors (Lipinski definition) is 8. The number of carbonyl (C=O) groups excluding carboxylic acids is 1. The Morgan fingerprint density at radius 3 is 2.85 bits per heavy atom. The third-order valence-corrected chi connectivity index (χ3v) is 6.01. The van der Waals surface area contributed by atoms with Crippen LogP contribution in [0.1, 0.15) is 56.1 Å². The molecule has 1 amide bonds. The van der Waals surface area contributed by atoms with Gasteiger partial charge in [0.1, 0.15) is 17.7 Å². The Balaban J connectivity index is 1.40. The molecule has 10 nitrogen and oxygen atoms in total. The largest absolute Gasteiger partial charge is 0.329 e. The summed E-state index contributed by atoms with van der Waals surface area (Å²) in [7, 11) is 0. The number of nitrogens with one attached hydrogen (secondary N) is 3. The van der Waals surface area contributed by atoms with Crippen LogP contribution in [0.25, 0.3) is 0 Å². The third-order valence-electron chi connectivity index (χ3n) is 6.01. The number of amides is 1. The van der Waals surface area contributed by atoms with Crippen molar-refractivity contribution in [2.75, 3.05) is 22.1 Å². The van der Waals surface area contributed by atoms with Gasteiger partial charge in [0, 0.05) is 18.0 Å². The Morgan fingerprint density at radius 2 is 2.09 bits per heavy atom. The van der Waals surface area contributed by atoms with Crippen LogP contribution in [0.15, 0.2) is 18.3 Å². The van der Waals surface area contributed by atoms with E-state index in [9.17, 15) is 9.18 Å². The first kappa shape index (κ1) is 21.2. The molecule has 0 unspecified atom stereocenters. The van der Waals surface area contributed by atoms with Crippen LogP contribution < -0.4 is 15.5 Å². The molecule has 5 rings (SSSR count). The number of hydrogen-bond donors (Lipinski definition) is 3. The Kier molecular flexibility index (Phi) is 5.61. The Morgan fingerprint density at radius 1 is 1.21 bits per heavy atom. The maximum absolute atomic E-state index is 13.1. The number of pyridine rings is 1. The molecule has 1 saturated heterocycles. The Bertz CT molecular complexity index is 1160. The summed E-state index contributed by atoms with van der Waals surface area (Å²) in [6, 6.07) is 2.30. The van der Waals surface area contributed by atoms with Gasteiger partial charge in [-0.05, 0) is 44.2 Å². The number of aryl methyl sites for hydroxylation is 1. The van der Waals surface area contributed by atoms with Gasteiger partial charge in [0.15, 0.2) is 0 Å². The van der Waals surface area contributed by atoms with Crippen molar-refractivity contribution in [3.05, 3.63) is 41.4 Å². The summed E-state index contributed by atoms with van der Waals surface area (Å²) in [4.78, 5) is 32.6. The van der Waals surface area contributed by atoms with E-state index in [2.05, 4.69) is 30.8 Å². The quantitative estimate of drug-likeness (QED) is 0.489. The van der Waals surface area contributed by atoms with Gasteiger partial charge in [0.05, 0.1) is 17.6 Å². The van der Waals surface area contributed by atoms with Gasteiger partial charge >= 0.3 is 0 Å². The minimum atomic E-state index is -0.589. The van der Waals surface area contributed by atoms with E-state index in [1.165, 1.54) is 18.3 Å². The van der Waals surface area contributed by atoms with Crippen LogP contribution >= 0.6 is 0 Å². The van der Waals surface area contributed by atoms with Crippen molar-refractivity contribution in [1.82, 2.24) is 30.1 Å². The van der Waals surface area contributed by atoms with Gasteiger partial charge in [0.2, 0.25) is 23.8 Å². The molecule has 1 aliphatic carbocycles. The van der Waals surface area contributed by atoms with E-state index in [1.54, 1.807) is 0 Å². The summed E-state index contributed by atoms with van der Waals surface area (Å²) in [6.45, 7) is 4.77. The highest BCUT2D eigenvalue weighted by Crippen LogP contribution is 2.32. The number of nitrogens with zero attached hydrogens (tertiary/aromatic N) is 6. The number of aromatic amines is 1. The summed E-state index contributed by atoms with van der Waals surface area (Å²) >= 11 is 0. The lowest BCUT2D eigenvalue weighted by Gasteiger charge is -2.25. The second kappa shape index (κ2) is 8.72. The van der Waals surface area contributed by atoms with Crippen LogP contribution in [0.2, 0.25) is 0 Å². The van der Waals surface area contributed by atoms with E-state index in [0.29, 0.717) is 36.4 Å². The second-order valence-corrected chi connectivity index (χ2v) is 8.69. The fourth-order valence-electron chi connectivity index (χ4n) is 4.30. The van der Waals surface area contributed by atoms with Gasteiger partial charge in [0.25, 0.3) is 0 Å². The lowest BCUT2D eigenvalue weighted by atomic mass is 10.2. The van der Waals surface area contributed by atoms with Crippen LogP contribution in [0.3, 0.4) is 0 Å². The first-order chi connectivity index (χ1) is 16.0. The number of fused-ring (bicyclic) bond motifs is 1. The summed E-state index contributed by atoms with van der Waals surface area (Å²) in [5.41, 5.74) is 2.53. The molecule has 3 aromatic rings. The first-order valence-corrected chi connectivity index (χ1v) is 11.3. The van der Waals surface area contributed by atoms with Crippen LogP contribution in [-0.4, -0.2) is 48.6 Å². The van der Waals surface area contributed by atoms with Crippen molar-refractivity contribution in [2.45, 2.75) is 57.9 Å². The van der Waals surface area contributed by atoms with E-state index in [1.807, 2.05) is 18.7 Å². The van der Waals surface area contributed by atoms with Crippen molar-refractivity contribution >= 4 is 29.3 Å². The molecule has 1 aliphatic heterocycles. The lowest BCUT2D eigenvalue weighted by molar-refractivity contribution is -0.117. The molecular formula is C22H26FN9O. The van der Waals surface area contributed by atoms with Gasteiger partial charge in [-0.2, -0.15) is 14.4 Å². The van der Waals surface area contributed by atoms with Gasteiger partial charge in [-0.15, -0.1) is 5.10 Å². The van der Waals surface area contributed by atoms with Crippen LogP contribution in [0, 0.1) is 5.95 Å². The average Bonchev–Trinajstić information content (AvgIpc) is 3.55. The fraction of sp³-hybridized carbons (Fsp3) is 0.455. The Hall–Kier alpha value is -3.63. The third kappa shape index (κ3) is 4.35. The number of carbonyl (C=O) groups is 1. The zero-order valence-electron chi connectivity index (χ0n) is 18.6. The van der Waals surface area contributed by atoms with Crippen LogP contribution in [-0.2, 0) is 17.6 Å². The predicted octanol–water partition coefficient (Wildman–Crippen LogP) is 3.09. The van der Waals surface area contributed by atoms with Crippen molar-refractivity contribution in [3.8, 4) is 0 Å². The molecule has 1 fully saturated rings. The molecular weight excluding hydrogens is 425 g/mol. The summed E-state index contributed by atoms with van der Waals surface area (Å²) in [5.74, 6) is 1.94. The maximum atomic E-state index is 13.1. The SMILES string of the molecule is CC(C)c1nc(Nc2nc(N3CCC[C@@H]3C(=O)Nc3ccc(F)nc3)nc3c2CCC3)n[nH]1. The predicted molar refractivity (Wildman–Crippen MR) is 121 cm³/mol. The van der Waals surface area contributed by atoms with Crippen molar-refractivity contribution in [2.24, 2.45) is 0 Å². The zero-order valence-corrected chi connectivity index (χ0v) is 18.6.